The van der Waals surface area contributed by atoms with Gasteiger partial charge in [-0.1, -0.05) is 24.3 Å². The Hall–Kier alpha value is -4.50. The number of hydrogen-bond acceptors (Lipinski definition) is 6. The second-order valence-electron chi connectivity index (χ2n) is 8.51. The highest BCUT2D eigenvalue weighted by molar-refractivity contribution is 5.99. The van der Waals surface area contributed by atoms with Crippen LogP contribution < -0.4 is 5.32 Å². The average molecular weight is 466 g/mol. The highest BCUT2D eigenvalue weighted by atomic mass is 16.5. The van der Waals surface area contributed by atoms with Gasteiger partial charge in [-0.3, -0.25) is 9.89 Å². The second kappa shape index (κ2) is 8.69. The van der Waals surface area contributed by atoms with Gasteiger partial charge in [0.1, 0.15) is 11.5 Å². The Balaban J connectivity index is 1.20. The normalized spacial score (nSPS) is 13.7. The van der Waals surface area contributed by atoms with Crippen LogP contribution in [0.4, 0.5) is 11.5 Å². The molecule has 174 valence electrons. The number of rotatable bonds is 6. The number of hydrogen-bond donors (Lipinski definition) is 3. The zero-order valence-corrected chi connectivity index (χ0v) is 19.0. The van der Waals surface area contributed by atoms with Gasteiger partial charge in [-0.2, -0.15) is 5.10 Å². The molecule has 4 heterocycles. The first kappa shape index (κ1) is 21.1. The van der Waals surface area contributed by atoms with Gasteiger partial charge in [0.05, 0.1) is 12.3 Å². The predicted octanol–water partition coefficient (Wildman–Crippen LogP) is 4.23. The maximum absolute atomic E-state index is 12.7. The lowest BCUT2D eigenvalue weighted by Crippen LogP contribution is -2.54. The molecule has 2 aromatic carbocycles. The number of aromatic amines is 2. The average Bonchev–Trinajstić information content (AvgIpc) is 3.54. The Morgan fingerprint density at radius 2 is 1.89 bits per heavy atom. The Bertz CT molecular complexity index is 1490. The number of carbonyl (C=O) groups is 1. The molecule has 5 aromatic rings. The van der Waals surface area contributed by atoms with Crippen LogP contribution >= 0.6 is 0 Å². The van der Waals surface area contributed by atoms with Crippen molar-refractivity contribution in [1.29, 1.82) is 0 Å². The minimum atomic E-state index is -0.0164. The lowest BCUT2D eigenvalue weighted by atomic mass is 10.1. The summed E-state index contributed by atoms with van der Waals surface area (Å²) in [4.78, 5) is 26.9. The van der Waals surface area contributed by atoms with E-state index in [4.69, 9.17) is 4.74 Å². The summed E-state index contributed by atoms with van der Waals surface area (Å²) in [5.74, 6) is 1.27. The maximum atomic E-state index is 12.7. The first-order valence-corrected chi connectivity index (χ1v) is 11.3. The molecule has 3 N–H and O–H groups in total. The first-order valence-electron chi connectivity index (χ1n) is 11.3. The van der Waals surface area contributed by atoms with E-state index in [0.717, 1.165) is 33.3 Å². The number of nitrogens with one attached hydrogen (secondary N) is 3. The summed E-state index contributed by atoms with van der Waals surface area (Å²) in [5, 5.41) is 11.1. The number of likely N-dealkylation sites (tertiary alicyclic amines) is 1. The van der Waals surface area contributed by atoms with Crippen molar-refractivity contribution in [3.8, 4) is 22.5 Å². The molecule has 0 bridgehead atoms. The van der Waals surface area contributed by atoms with Crippen LogP contribution in [0.3, 0.4) is 0 Å². The minimum Gasteiger partial charge on any atom is -0.378 e. The number of aromatic nitrogens is 5. The SMILES string of the molecule is COC1CN(C(=O)c2cc3ccc(-c4nccc(Nc5ccc(-c6cn[nH]c6)cc5)n4)cc3[nH]2)C1. The lowest BCUT2D eigenvalue weighted by Gasteiger charge is -2.37. The number of benzene rings is 2. The van der Waals surface area contributed by atoms with Crippen LogP contribution in [-0.4, -0.2) is 62.3 Å². The van der Waals surface area contributed by atoms with E-state index in [0.29, 0.717) is 30.4 Å². The summed E-state index contributed by atoms with van der Waals surface area (Å²) < 4.78 is 5.27. The fourth-order valence-corrected chi connectivity index (χ4v) is 4.17. The van der Waals surface area contributed by atoms with Gasteiger partial charge in [-0.25, -0.2) is 9.97 Å². The van der Waals surface area contributed by atoms with Gasteiger partial charge >= 0.3 is 0 Å². The van der Waals surface area contributed by atoms with Crippen LogP contribution in [0.25, 0.3) is 33.4 Å². The summed E-state index contributed by atoms with van der Waals surface area (Å²) in [6.45, 7) is 1.24. The molecule has 0 saturated carbocycles. The molecular formula is C26H23N7O2. The standard InChI is InChI=1S/C26H23N7O2/c1-35-21-14-33(15-21)26(34)23-10-17-2-3-18(11-22(17)31-23)25-27-9-8-24(32-25)30-20-6-4-16(5-7-20)19-12-28-29-13-19/h2-13,21,31H,14-15H2,1H3,(H,28,29)(H,27,30,32). The summed E-state index contributed by atoms with van der Waals surface area (Å²) in [6, 6.07) is 17.7. The second-order valence-corrected chi connectivity index (χ2v) is 8.51. The van der Waals surface area contributed by atoms with E-state index in [-0.39, 0.29) is 12.0 Å². The molecule has 1 aliphatic rings. The van der Waals surface area contributed by atoms with Crippen molar-refractivity contribution in [3.05, 3.63) is 78.9 Å². The van der Waals surface area contributed by atoms with Crippen LogP contribution in [0.1, 0.15) is 10.5 Å². The van der Waals surface area contributed by atoms with E-state index in [1.807, 2.05) is 60.8 Å². The molecule has 1 fully saturated rings. The zero-order valence-electron chi connectivity index (χ0n) is 19.0. The summed E-state index contributed by atoms with van der Waals surface area (Å²) in [7, 11) is 1.67. The fraction of sp³-hybridized carbons (Fsp3) is 0.154. The van der Waals surface area contributed by atoms with E-state index < -0.39 is 0 Å². The van der Waals surface area contributed by atoms with Crippen LogP contribution in [0.5, 0.6) is 0 Å². The molecule has 0 radical (unpaired) electrons. The van der Waals surface area contributed by atoms with Crippen molar-refractivity contribution in [2.24, 2.45) is 0 Å². The number of fused-ring (bicyclic) bond motifs is 1. The lowest BCUT2D eigenvalue weighted by molar-refractivity contribution is -0.0194. The Labute approximate surface area is 201 Å². The molecule has 9 nitrogen and oxygen atoms in total. The minimum absolute atomic E-state index is 0.0164. The Kier molecular flexibility index (Phi) is 5.23. The van der Waals surface area contributed by atoms with Crippen LogP contribution in [-0.2, 0) is 4.74 Å². The summed E-state index contributed by atoms with van der Waals surface area (Å²) in [6.07, 6.45) is 5.51. The largest absolute Gasteiger partial charge is 0.378 e. The van der Waals surface area contributed by atoms with Crippen LogP contribution in [0.15, 0.2) is 73.2 Å². The number of carbonyl (C=O) groups excluding carboxylic acids is 1. The molecule has 1 saturated heterocycles. The van der Waals surface area contributed by atoms with E-state index >= 15 is 0 Å². The summed E-state index contributed by atoms with van der Waals surface area (Å²) >= 11 is 0. The number of anilines is 2. The highest BCUT2D eigenvalue weighted by Crippen LogP contribution is 2.26. The molecule has 3 aromatic heterocycles. The maximum Gasteiger partial charge on any atom is 0.270 e. The van der Waals surface area contributed by atoms with Gasteiger partial charge in [0, 0.05) is 60.3 Å². The zero-order chi connectivity index (χ0) is 23.8. The Morgan fingerprint density at radius 1 is 1.06 bits per heavy atom. The highest BCUT2D eigenvalue weighted by Gasteiger charge is 2.31. The molecule has 9 heteroatoms. The van der Waals surface area contributed by atoms with Crippen LogP contribution in [0, 0.1) is 0 Å². The van der Waals surface area contributed by atoms with Crippen molar-refractivity contribution < 1.29 is 9.53 Å². The quantitative estimate of drug-likeness (QED) is 0.346. The molecule has 1 aliphatic heterocycles. The number of methoxy groups -OCH3 is 1. The molecule has 0 unspecified atom stereocenters. The topological polar surface area (TPSA) is 112 Å². The number of amides is 1. The van der Waals surface area contributed by atoms with E-state index in [2.05, 4.69) is 30.5 Å². The third-order valence-corrected chi connectivity index (χ3v) is 6.22. The van der Waals surface area contributed by atoms with Gasteiger partial charge in [0.15, 0.2) is 5.82 Å². The molecule has 35 heavy (non-hydrogen) atoms. The third-order valence-electron chi connectivity index (χ3n) is 6.22. The van der Waals surface area contributed by atoms with Crippen molar-refractivity contribution in [2.75, 3.05) is 25.5 Å². The fourth-order valence-electron chi connectivity index (χ4n) is 4.17. The predicted molar refractivity (Wildman–Crippen MR) is 133 cm³/mol. The molecule has 0 aliphatic carbocycles. The number of nitrogens with zero attached hydrogens (tertiary/aromatic N) is 4. The number of H-pyrrole nitrogens is 2. The molecule has 0 spiro atoms. The van der Waals surface area contributed by atoms with Crippen molar-refractivity contribution in [2.45, 2.75) is 6.10 Å². The molecule has 0 atom stereocenters. The molecular weight excluding hydrogens is 442 g/mol. The van der Waals surface area contributed by atoms with Gasteiger partial charge < -0.3 is 19.9 Å². The van der Waals surface area contributed by atoms with E-state index in [1.165, 1.54) is 0 Å². The van der Waals surface area contributed by atoms with Gasteiger partial charge in [0.25, 0.3) is 5.91 Å². The van der Waals surface area contributed by atoms with Crippen molar-refractivity contribution in [1.82, 2.24) is 30.0 Å². The molecule has 1 amide bonds. The van der Waals surface area contributed by atoms with Gasteiger partial charge in [-0.05, 0) is 35.9 Å². The third kappa shape index (κ3) is 4.13. The van der Waals surface area contributed by atoms with Crippen LogP contribution in [0.2, 0.25) is 0 Å². The number of ether oxygens (including phenoxy) is 1. The van der Waals surface area contributed by atoms with Crippen molar-refractivity contribution >= 4 is 28.3 Å². The molecule has 6 rings (SSSR count). The van der Waals surface area contributed by atoms with Gasteiger partial charge in [0.2, 0.25) is 0 Å². The first-order chi connectivity index (χ1) is 17.2. The smallest absolute Gasteiger partial charge is 0.270 e. The monoisotopic (exact) mass is 465 g/mol. The summed E-state index contributed by atoms with van der Waals surface area (Å²) in [5.41, 5.74) is 5.34. The van der Waals surface area contributed by atoms with E-state index in [1.54, 1.807) is 24.4 Å². The van der Waals surface area contributed by atoms with E-state index in [9.17, 15) is 4.79 Å². The van der Waals surface area contributed by atoms with Crippen molar-refractivity contribution in [3.63, 3.8) is 0 Å². The Morgan fingerprint density at radius 3 is 2.66 bits per heavy atom. The van der Waals surface area contributed by atoms with Gasteiger partial charge in [-0.15, -0.1) is 0 Å².